The summed E-state index contributed by atoms with van der Waals surface area (Å²) >= 11 is 5.92. The molecule has 1 aliphatic heterocycles. The Morgan fingerprint density at radius 1 is 1.54 bits per heavy atom. The second kappa shape index (κ2) is 6.78. The molecular weight excluding hydrogens is 337 g/mol. The number of rotatable bonds is 4. The number of hydrogen-bond acceptors (Lipinski definition) is 4. The Bertz CT molecular complexity index is 739. The van der Waals surface area contributed by atoms with Gasteiger partial charge < -0.3 is 14.7 Å². The fourth-order valence-electron chi connectivity index (χ4n) is 2.76. The maximum absolute atomic E-state index is 13.2. The van der Waals surface area contributed by atoms with E-state index in [9.17, 15) is 14.3 Å². The molecule has 1 saturated heterocycles. The third-order valence-electron chi connectivity index (χ3n) is 3.95. The van der Waals surface area contributed by atoms with Crippen LogP contribution in [-0.4, -0.2) is 51.4 Å². The van der Waals surface area contributed by atoms with Crippen molar-refractivity contribution in [3.05, 3.63) is 47.0 Å². The van der Waals surface area contributed by atoms with Crippen molar-refractivity contribution in [3.63, 3.8) is 0 Å². The van der Waals surface area contributed by atoms with E-state index in [1.54, 1.807) is 6.07 Å². The van der Waals surface area contributed by atoms with Crippen LogP contribution < -0.4 is 4.74 Å². The van der Waals surface area contributed by atoms with Gasteiger partial charge in [0.15, 0.2) is 0 Å². The Morgan fingerprint density at radius 3 is 3.08 bits per heavy atom. The molecule has 128 valence electrons. The van der Waals surface area contributed by atoms with Crippen molar-refractivity contribution < 1.29 is 19.0 Å². The molecule has 1 fully saturated rings. The fourth-order valence-corrected chi connectivity index (χ4v) is 2.93. The molecule has 1 aromatic heterocycles. The van der Waals surface area contributed by atoms with Crippen LogP contribution in [0.1, 0.15) is 23.3 Å². The molecule has 24 heavy (non-hydrogen) atoms. The molecule has 0 aliphatic carbocycles. The van der Waals surface area contributed by atoms with E-state index in [1.807, 2.05) is 0 Å². The number of piperidine rings is 1. The largest absolute Gasteiger partial charge is 0.490 e. The van der Waals surface area contributed by atoms with Crippen molar-refractivity contribution in [2.24, 2.45) is 0 Å². The van der Waals surface area contributed by atoms with Crippen molar-refractivity contribution in [3.8, 4) is 5.75 Å². The Labute approximate surface area is 143 Å². The van der Waals surface area contributed by atoms with E-state index in [-0.39, 0.29) is 29.8 Å². The topological polar surface area (TPSA) is 78.5 Å². The van der Waals surface area contributed by atoms with Crippen LogP contribution in [0.25, 0.3) is 0 Å². The summed E-state index contributed by atoms with van der Waals surface area (Å²) in [5.41, 5.74) is -1.00. The van der Waals surface area contributed by atoms with Crippen LogP contribution in [0.15, 0.2) is 30.5 Å². The zero-order valence-corrected chi connectivity index (χ0v) is 13.6. The Hall–Kier alpha value is -2.12. The van der Waals surface area contributed by atoms with Gasteiger partial charge in [-0.1, -0.05) is 17.7 Å². The number of halogens is 2. The number of carbonyl (C=O) groups excluding carboxylic acids is 1. The van der Waals surface area contributed by atoms with E-state index >= 15 is 0 Å². The van der Waals surface area contributed by atoms with Crippen LogP contribution in [0.2, 0.25) is 5.02 Å². The molecular formula is C16H17ClFN3O3. The second-order valence-corrected chi connectivity index (χ2v) is 6.30. The van der Waals surface area contributed by atoms with Gasteiger partial charge in [-0.3, -0.25) is 9.89 Å². The number of β-amino-alcohol motifs (C(OH)–C–C–N with tert-alkyl or cyclic N) is 1. The van der Waals surface area contributed by atoms with Crippen LogP contribution in [0.4, 0.5) is 4.39 Å². The van der Waals surface area contributed by atoms with Crippen LogP contribution in [-0.2, 0) is 0 Å². The molecule has 2 heterocycles. The Morgan fingerprint density at radius 2 is 2.38 bits per heavy atom. The van der Waals surface area contributed by atoms with Crippen LogP contribution in [0.3, 0.4) is 0 Å². The highest BCUT2D eigenvalue weighted by Crippen LogP contribution is 2.25. The number of ether oxygens (including phenoxy) is 1. The molecule has 6 nitrogen and oxygen atoms in total. The highest BCUT2D eigenvalue weighted by Gasteiger charge is 2.37. The molecule has 1 aromatic carbocycles. The number of aliphatic hydroxyl groups is 1. The summed E-state index contributed by atoms with van der Waals surface area (Å²) in [5, 5.41) is 17.3. The lowest BCUT2D eigenvalue weighted by Gasteiger charge is -2.38. The summed E-state index contributed by atoms with van der Waals surface area (Å²) in [6.07, 6.45) is 2.47. The molecule has 0 saturated carbocycles. The minimum atomic E-state index is -1.20. The average molecular weight is 354 g/mol. The Balaban J connectivity index is 1.65. The first-order valence-corrected chi connectivity index (χ1v) is 7.94. The normalized spacial score (nSPS) is 20.9. The third-order valence-corrected chi connectivity index (χ3v) is 4.24. The summed E-state index contributed by atoms with van der Waals surface area (Å²) in [6, 6.07) is 5.71. The first kappa shape index (κ1) is 16.7. The number of hydrogen-bond donors (Lipinski definition) is 2. The second-order valence-electron chi connectivity index (χ2n) is 5.89. The van der Waals surface area contributed by atoms with Gasteiger partial charge >= 0.3 is 0 Å². The molecule has 3 rings (SSSR count). The Kier molecular flexibility index (Phi) is 4.73. The summed E-state index contributed by atoms with van der Waals surface area (Å²) in [4.78, 5) is 14.0. The third kappa shape index (κ3) is 3.68. The quantitative estimate of drug-likeness (QED) is 0.883. The lowest BCUT2D eigenvalue weighted by molar-refractivity contribution is -0.0533. The highest BCUT2D eigenvalue weighted by atomic mass is 35.5. The van der Waals surface area contributed by atoms with Gasteiger partial charge in [0.1, 0.15) is 29.5 Å². The first-order valence-electron chi connectivity index (χ1n) is 7.56. The van der Waals surface area contributed by atoms with Gasteiger partial charge in [0.05, 0.1) is 17.8 Å². The highest BCUT2D eigenvalue weighted by molar-refractivity contribution is 6.33. The molecule has 0 spiro atoms. The van der Waals surface area contributed by atoms with Crippen LogP contribution >= 0.6 is 11.6 Å². The molecule has 8 heteroatoms. The average Bonchev–Trinajstić information content (AvgIpc) is 2.99. The molecule has 2 N–H and O–H groups in total. The van der Waals surface area contributed by atoms with Gasteiger partial charge in [-0.15, -0.1) is 0 Å². The number of likely N-dealkylation sites (tertiary alicyclic amines) is 1. The lowest BCUT2D eigenvalue weighted by Crippen LogP contribution is -2.53. The smallest absolute Gasteiger partial charge is 0.273 e. The standard InChI is InChI=1S/C16H17ClFN3O3/c17-13-8-19-20-14(13)15(22)21-6-2-5-16(23,9-21)10-24-12-4-1-3-11(18)7-12/h1,3-4,7-8,23H,2,5-6,9-10H2,(H,19,20)/t16-/m0/s1. The lowest BCUT2D eigenvalue weighted by atomic mass is 9.93. The molecule has 0 radical (unpaired) electrons. The number of carbonyl (C=O) groups is 1. The predicted octanol–water partition coefficient (Wildman–Crippen LogP) is 2.25. The van der Waals surface area contributed by atoms with E-state index in [0.717, 1.165) is 0 Å². The van der Waals surface area contributed by atoms with E-state index in [0.29, 0.717) is 25.1 Å². The number of aromatic amines is 1. The summed E-state index contributed by atoms with van der Waals surface area (Å²) in [5.74, 6) is -0.390. The number of aromatic nitrogens is 2. The van der Waals surface area contributed by atoms with Gasteiger partial charge in [0.2, 0.25) is 0 Å². The molecule has 0 unspecified atom stereocenters. The van der Waals surface area contributed by atoms with Crippen molar-refractivity contribution in [2.75, 3.05) is 19.7 Å². The minimum absolute atomic E-state index is 0.0308. The summed E-state index contributed by atoms with van der Waals surface area (Å²) in [7, 11) is 0. The molecule has 0 bridgehead atoms. The molecule has 2 aromatic rings. The van der Waals surface area contributed by atoms with E-state index in [1.165, 1.54) is 29.3 Å². The maximum Gasteiger partial charge on any atom is 0.273 e. The monoisotopic (exact) mass is 353 g/mol. The number of nitrogens with zero attached hydrogens (tertiary/aromatic N) is 2. The number of nitrogens with one attached hydrogen (secondary N) is 1. The number of H-pyrrole nitrogens is 1. The first-order chi connectivity index (χ1) is 11.5. The van der Waals surface area contributed by atoms with Crippen LogP contribution in [0, 0.1) is 5.82 Å². The minimum Gasteiger partial charge on any atom is -0.490 e. The number of amides is 1. The van der Waals surface area contributed by atoms with E-state index in [4.69, 9.17) is 16.3 Å². The van der Waals surface area contributed by atoms with Crippen molar-refractivity contribution in [1.82, 2.24) is 15.1 Å². The van der Waals surface area contributed by atoms with E-state index in [2.05, 4.69) is 10.2 Å². The van der Waals surface area contributed by atoms with Crippen molar-refractivity contribution in [2.45, 2.75) is 18.4 Å². The summed E-state index contributed by atoms with van der Waals surface area (Å²) in [6.45, 7) is 0.587. The van der Waals surface area contributed by atoms with Crippen molar-refractivity contribution >= 4 is 17.5 Å². The zero-order chi connectivity index (χ0) is 17.2. The van der Waals surface area contributed by atoms with Gasteiger partial charge in [0.25, 0.3) is 5.91 Å². The van der Waals surface area contributed by atoms with Gasteiger partial charge in [0, 0.05) is 12.6 Å². The fraction of sp³-hybridized carbons (Fsp3) is 0.375. The van der Waals surface area contributed by atoms with Gasteiger partial charge in [-0.2, -0.15) is 5.10 Å². The molecule has 1 amide bonds. The van der Waals surface area contributed by atoms with Gasteiger partial charge in [-0.05, 0) is 25.0 Å². The summed E-state index contributed by atoms with van der Waals surface area (Å²) < 4.78 is 18.7. The SMILES string of the molecule is O=C(c1[nH]ncc1Cl)N1CCC[C@@](O)(COc2cccc(F)c2)C1. The van der Waals surface area contributed by atoms with E-state index < -0.39 is 11.4 Å². The predicted molar refractivity (Wildman–Crippen MR) is 85.6 cm³/mol. The molecule has 1 atom stereocenters. The number of benzene rings is 1. The van der Waals surface area contributed by atoms with Crippen LogP contribution in [0.5, 0.6) is 5.75 Å². The van der Waals surface area contributed by atoms with Crippen molar-refractivity contribution in [1.29, 1.82) is 0 Å². The van der Waals surface area contributed by atoms with Gasteiger partial charge in [-0.25, -0.2) is 4.39 Å². The maximum atomic E-state index is 13.2. The molecule has 1 aliphatic rings. The zero-order valence-electron chi connectivity index (χ0n) is 12.8.